The lowest BCUT2D eigenvalue weighted by molar-refractivity contribution is 0.0773. The highest BCUT2D eigenvalue weighted by Gasteiger charge is 1.32. The molecule has 0 saturated carbocycles. The maximum Gasteiger partial charge on any atom is 0.140 e. The number of aliphatic hydroxyl groups is 2. The third kappa shape index (κ3) is 5220. The second-order valence-corrected chi connectivity index (χ2v) is 0.141. The van der Waals surface area contributed by atoms with Crippen molar-refractivity contribution < 1.29 is 10.2 Å². The van der Waals surface area contributed by atoms with Crippen molar-refractivity contribution in [1.82, 2.24) is 0 Å². The quantitative estimate of drug-likeness (QED) is 0.439. The van der Waals surface area contributed by atoms with E-state index in [0.717, 1.165) is 0 Å². The van der Waals surface area contributed by atoms with Crippen molar-refractivity contribution in [3.8, 4) is 0 Å². The predicted molar refractivity (Wildman–Crippen MR) is 29.5 cm³/mol. The maximum absolute atomic E-state index is 7.12. The van der Waals surface area contributed by atoms with Crippen molar-refractivity contribution in [2.75, 3.05) is 6.79 Å². The van der Waals surface area contributed by atoms with Crippen LogP contribution in [0.3, 0.4) is 0 Å². The van der Waals surface area contributed by atoms with Crippen LogP contribution >= 0.6 is 0 Å². The molecule has 0 aromatic heterocycles. The smallest absolute Gasteiger partial charge is 0.140 e. The Morgan fingerprint density at radius 1 is 0.833 bits per heavy atom. The van der Waals surface area contributed by atoms with Gasteiger partial charge in [-0.15, -0.1) is 0 Å². The Hall–Kier alpha value is -0.0800. The number of rotatable bonds is 0. The van der Waals surface area contributed by atoms with Crippen LogP contribution in [0.1, 0.15) is 22.3 Å². The van der Waals surface area contributed by atoms with E-state index in [9.17, 15) is 0 Å². The van der Waals surface area contributed by atoms with Gasteiger partial charge in [0.15, 0.2) is 0 Å². The van der Waals surface area contributed by atoms with Crippen molar-refractivity contribution in [2.24, 2.45) is 0 Å². The third-order valence-electron chi connectivity index (χ3n) is 0. The van der Waals surface area contributed by atoms with Crippen LogP contribution in [0.2, 0.25) is 0 Å². The maximum atomic E-state index is 7.12. The van der Waals surface area contributed by atoms with Gasteiger partial charge in [-0.2, -0.15) is 0 Å². The Balaban J connectivity index is -0.00000000667. The lowest BCUT2D eigenvalue weighted by atomic mass is 11.6. The highest BCUT2D eigenvalue weighted by atomic mass is 16.5. The molecule has 0 amide bonds. The van der Waals surface area contributed by atoms with E-state index in [1.807, 2.05) is 0 Å². The van der Waals surface area contributed by atoms with E-state index in [1.54, 1.807) is 0 Å². The first-order valence-corrected chi connectivity index (χ1v) is 0.632. The molecule has 0 atom stereocenters. The first-order valence-electron chi connectivity index (χ1n) is 0.632. The average molecular weight is 96.2 g/mol. The minimum atomic E-state index is -0.750. The second-order valence-electron chi connectivity index (χ2n) is 0.141. The molecular formula is C4H16O2. The summed E-state index contributed by atoms with van der Waals surface area (Å²) in [5.74, 6) is 0. The molecule has 6 heavy (non-hydrogen) atoms. The lowest BCUT2D eigenvalue weighted by Crippen LogP contribution is -1.66. The molecule has 2 heteroatoms. The van der Waals surface area contributed by atoms with E-state index >= 15 is 0 Å². The third-order valence-corrected chi connectivity index (χ3v) is 0. The molecule has 0 aliphatic rings. The SMILES string of the molecule is C.C.C.OCO. The van der Waals surface area contributed by atoms with Crippen molar-refractivity contribution in [2.45, 2.75) is 22.3 Å². The van der Waals surface area contributed by atoms with Crippen LogP contribution in [0.4, 0.5) is 0 Å². The summed E-state index contributed by atoms with van der Waals surface area (Å²) in [6.07, 6.45) is 0. The zero-order chi connectivity index (χ0) is 2.71. The standard InChI is InChI=1S/CH4O2.3CH4/c2-1-3;;;/h2-3H,1H2;3*1H4. The molecule has 0 spiro atoms. The fourth-order valence-corrected chi connectivity index (χ4v) is 0. The number of aliphatic hydroxyl groups excluding tert-OH is 1. The van der Waals surface area contributed by atoms with Gasteiger partial charge in [-0.1, -0.05) is 22.3 Å². The second kappa shape index (κ2) is 89.3. The van der Waals surface area contributed by atoms with E-state index in [0.29, 0.717) is 0 Å². The zero-order valence-electron chi connectivity index (χ0n) is 1.60. The van der Waals surface area contributed by atoms with Crippen LogP contribution in [-0.4, -0.2) is 17.0 Å². The number of hydrogen-bond acceptors (Lipinski definition) is 2. The minimum absolute atomic E-state index is 0. The summed E-state index contributed by atoms with van der Waals surface area (Å²) >= 11 is 0. The molecule has 0 aliphatic heterocycles. The van der Waals surface area contributed by atoms with Gasteiger partial charge >= 0.3 is 0 Å². The Kier molecular flexibility index (Phi) is 579. The van der Waals surface area contributed by atoms with Gasteiger partial charge in [0.2, 0.25) is 0 Å². The summed E-state index contributed by atoms with van der Waals surface area (Å²) in [5, 5.41) is 14.2. The average Bonchev–Trinajstić information content (AvgIpc) is 0.918. The molecule has 0 radical (unpaired) electrons. The van der Waals surface area contributed by atoms with E-state index in [-0.39, 0.29) is 22.3 Å². The summed E-state index contributed by atoms with van der Waals surface area (Å²) < 4.78 is 0. The first kappa shape index (κ1) is 38.9. The fourth-order valence-electron chi connectivity index (χ4n) is 0. The largest absolute Gasteiger partial charge is 0.371 e. The molecule has 2 N–H and O–H groups in total. The molecule has 0 rings (SSSR count). The Bertz CT molecular complexity index is 5.51. The predicted octanol–water partition coefficient (Wildman–Crippen LogP) is 0.837. The van der Waals surface area contributed by atoms with Crippen LogP contribution in [0, 0.1) is 0 Å². The van der Waals surface area contributed by atoms with E-state index in [4.69, 9.17) is 10.2 Å². The Morgan fingerprint density at radius 3 is 0.833 bits per heavy atom. The van der Waals surface area contributed by atoms with Crippen molar-refractivity contribution in [3.05, 3.63) is 0 Å². The van der Waals surface area contributed by atoms with Crippen molar-refractivity contribution in [3.63, 3.8) is 0 Å². The van der Waals surface area contributed by atoms with Crippen molar-refractivity contribution in [1.29, 1.82) is 0 Å². The monoisotopic (exact) mass is 96.1 g/mol. The van der Waals surface area contributed by atoms with Gasteiger partial charge in [-0.25, -0.2) is 0 Å². The summed E-state index contributed by atoms with van der Waals surface area (Å²) in [6.45, 7) is -0.750. The van der Waals surface area contributed by atoms with Gasteiger partial charge in [0.25, 0.3) is 0 Å². The van der Waals surface area contributed by atoms with Gasteiger partial charge in [-0.05, 0) is 0 Å². The van der Waals surface area contributed by atoms with E-state index in [1.165, 1.54) is 0 Å². The van der Waals surface area contributed by atoms with E-state index < -0.39 is 6.79 Å². The van der Waals surface area contributed by atoms with Gasteiger partial charge in [-0.3, -0.25) is 0 Å². The molecular weight excluding hydrogens is 80.0 g/mol. The molecule has 0 unspecified atom stereocenters. The van der Waals surface area contributed by atoms with E-state index in [2.05, 4.69) is 0 Å². The molecule has 0 aromatic carbocycles. The molecule has 0 aromatic rings. The lowest BCUT2D eigenvalue weighted by Gasteiger charge is -1.55. The van der Waals surface area contributed by atoms with Gasteiger partial charge in [0.1, 0.15) is 6.79 Å². The summed E-state index contributed by atoms with van der Waals surface area (Å²) in [4.78, 5) is 0. The normalized spacial score (nSPS) is 3.00. The van der Waals surface area contributed by atoms with Crippen LogP contribution in [-0.2, 0) is 0 Å². The Labute approximate surface area is 40.4 Å². The molecule has 0 fully saturated rings. The Morgan fingerprint density at radius 2 is 0.833 bits per heavy atom. The van der Waals surface area contributed by atoms with Gasteiger partial charge in [0.05, 0.1) is 0 Å². The van der Waals surface area contributed by atoms with Gasteiger partial charge in [0, 0.05) is 0 Å². The topological polar surface area (TPSA) is 40.5 Å². The van der Waals surface area contributed by atoms with Crippen LogP contribution in [0.25, 0.3) is 0 Å². The summed E-state index contributed by atoms with van der Waals surface area (Å²) in [5.41, 5.74) is 0. The highest BCUT2D eigenvalue weighted by molar-refractivity contribution is 3.50. The fraction of sp³-hybridized carbons (Fsp3) is 1.00. The molecule has 0 saturated heterocycles. The highest BCUT2D eigenvalue weighted by Crippen LogP contribution is 1.17. The van der Waals surface area contributed by atoms with Crippen LogP contribution in [0.15, 0.2) is 0 Å². The molecule has 0 aliphatic carbocycles. The molecule has 2 nitrogen and oxygen atoms in total. The van der Waals surface area contributed by atoms with Crippen molar-refractivity contribution >= 4 is 0 Å². The van der Waals surface area contributed by atoms with Gasteiger partial charge < -0.3 is 10.2 Å². The first-order chi connectivity index (χ1) is 1.41. The van der Waals surface area contributed by atoms with Crippen LogP contribution in [0.5, 0.6) is 0 Å². The number of hydrogen-bond donors (Lipinski definition) is 2. The summed E-state index contributed by atoms with van der Waals surface area (Å²) in [6, 6.07) is 0. The zero-order valence-corrected chi connectivity index (χ0v) is 1.60. The van der Waals surface area contributed by atoms with Crippen LogP contribution < -0.4 is 0 Å². The minimum Gasteiger partial charge on any atom is -0.371 e. The molecule has 0 bridgehead atoms. The molecule has 44 valence electrons. The molecule has 0 heterocycles. The summed E-state index contributed by atoms with van der Waals surface area (Å²) in [7, 11) is 0.